The topological polar surface area (TPSA) is 78.9 Å². The minimum Gasteiger partial charge on any atom is -0.466 e. The molecule has 6 heteroatoms. The molecule has 0 saturated heterocycles. The van der Waals surface area contributed by atoms with E-state index in [9.17, 15) is 14.4 Å². The van der Waals surface area contributed by atoms with Crippen molar-refractivity contribution in [1.82, 2.24) is 0 Å². The molecule has 1 fully saturated rings. The Balaban J connectivity index is 3.33. The first-order valence-electron chi connectivity index (χ1n) is 11.5. The van der Waals surface area contributed by atoms with Gasteiger partial charge in [0.25, 0.3) is 0 Å². The van der Waals surface area contributed by atoms with Crippen molar-refractivity contribution in [2.24, 2.45) is 17.3 Å². The van der Waals surface area contributed by atoms with Gasteiger partial charge in [-0.3, -0.25) is 14.4 Å². The molecule has 0 aromatic heterocycles. The van der Waals surface area contributed by atoms with Crippen LogP contribution in [0.3, 0.4) is 0 Å². The van der Waals surface area contributed by atoms with Crippen molar-refractivity contribution in [3.8, 4) is 0 Å². The average Bonchev–Trinajstić information content (AvgIpc) is 2.71. The normalized spacial score (nSPS) is 16.1. The summed E-state index contributed by atoms with van der Waals surface area (Å²) in [6.45, 7) is 7.65. The second kappa shape index (κ2) is 13.6. The Labute approximate surface area is 176 Å². The molecule has 0 aliphatic heterocycles. The van der Waals surface area contributed by atoms with Crippen LogP contribution in [0.25, 0.3) is 0 Å². The monoisotopic (exact) mass is 412 g/mol. The molecule has 1 saturated carbocycles. The fourth-order valence-electron chi connectivity index (χ4n) is 4.39. The van der Waals surface area contributed by atoms with E-state index >= 15 is 0 Å². The molecule has 0 radical (unpaired) electrons. The number of carbonyl (C=O) groups is 3. The third-order valence-electron chi connectivity index (χ3n) is 5.96. The van der Waals surface area contributed by atoms with Gasteiger partial charge in [-0.1, -0.05) is 51.9 Å². The SMILES string of the molecule is CCCCC(C(=O)OCC)C(CCC1CCCCC1)(C(=O)OCC)C(=O)OCC. The van der Waals surface area contributed by atoms with Crippen molar-refractivity contribution in [2.45, 2.75) is 91.9 Å². The molecule has 1 aliphatic rings. The summed E-state index contributed by atoms with van der Waals surface area (Å²) in [5, 5.41) is 0. The minimum atomic E-state index is -1.63. The smallest absolute Gasteiger partial charge is 0.324 e. The number of carbonyl (C=O) groups excluding carboxylic acids is 3. The first-order valence-corrected chi connectivity index (χ1v) is 11.5. The zero-order valence-corrected chi connectivity index (χ0v) is 18.8. The third kappa shape index (κ3) is 7.00. The molecule has 168 valence electrons. The summed E-state index contributed by atoms with van der Waals surface area (Å²) in [6, 6.07) is 0. The molecular formula is C23H40O6. The number of esters is 3. The molecule has 1 rings (SSSR count). The van der Waals surface area contributed by atoms with Gasteiger partial charge in [0.2, 0.25) is 0 Å². The maximum absolute atomic E-state index is 13.2. The number of ether oxygens (including phenoxy) is 3. The van der Waals surface area contributed by atoms with Crippen LogP contribution in [0.5, 0.6) is 0 Å². The number of hydrogen-bond acceptors (Lipinski definition) is 6. The van der Waals surface area contributed by atoms with E-state index in [1.54, 1.807) is 20.8 Å². The largest absolute Gasteiger partial charge is 0.466 e. The highest BCUT2D eigenvalue weighted by Crippen LogP contribution is 2.43. The van der Waals surface area contributed by atoms with Crippen molar-refractivity contribution in [2.75, 3.05) is 19.8 Å². The van der Waals surface area contributed by atoms with E-state index < -0.39 is 29.2 Å². The predicted octanol–water partition coefficient (Wildman–Crippen LogP) is 4.83. The molecule has 0 spiro atoms. The van der Waals surface area contributed by atoms with E-state index in [-0.39, 0.29) is 26.2 Å². The fraction of sp³-hybridized carbons (Fsp3) is 0.870. The zero-order chi connectivity index (χ0) is 21.7. The first kappa shape index (κ1) is 25.4. The van der Waals surface area contributed by atoms with E-state index in [0.29, 0.717) is 25.2 Å². The quantitative estimate of drug-likeness (QED) is 0.245. The maximum Gasteiger partial charge on any atom is 0.324 e. The van der Waals surface area contributed by atoms with Gasteiger partial charge in [0, 0.05) is 0 Å². The second-order valence-corrected chi connectivity index (χ2v) is 7.90. The number of rotatable bonds is 13. The number of unbranched alkanes of at least 4 members (excludes halogenated alkanes) is 1. The lowest BCUT2D eigenvalue weighted by atomic mass is 9.68. The van der Waals surface area contributed by atoms with E-state index in [0.717, 1.165) is 19.3 Å². The molecule has 0 aromatic carbocycles. The molecule has 1 unspecified atom stereocenters. The summed E-state index contributed by atoms with van der Waals surface area (Å²) in [4.78, 5) is 39.4. The van der Waals surface area contributed by atoms with Crippen LogP contribution in [0.1, 0.15) is 91.9 Å². The minimum absolute atomic E-state index is 0.146. The average molecular weight is 413 g/mol. The summed E-state index contributed by atoms with van der Waals surface area (Å²) in [5.41, 5.74) is -1.63. The van der Waals surface area contributed by atoms with Crippen molar-refractivity contribution >= 4 is 17.9 Å². The van der Waals surface area contributed by atoms with Crippen LogP contribution < -0.4 is 0 Å². The Hall–Kier alpha value is -1.59. The van der Waals surface area contributed by atoms with Crippen molar-refractivity contribution in [3.05, 3.63) is 0 Å². The third-order valence-corrected chi connectivity index (χ3v) is 5.96. The van der Waals surface area contributed by atoms with Gasteiger partial charge in [-0.05, 0) is 46.0 Å². The summed E-state index contributed by atoms with van der Waals surface area (Å²) in [7, 11) is 0. The Morgan fingerprint density at radius 3 is 1.90 bits per heavy atom. The van der Waals surface area contributed by atoms with Crippen molar-refractivity contribution in [3.63, 3.8) is 0 Å². The van der Waals surface area contributed by atoms with Crippen LogP contribution in [-0.2, 0) is 28.6 Å². The standard InChI is InChI=1S/C23H40O6/c1-5-9-15-19(20(24)27-6-2)23(21(25)28-7-3,22(26)29-8-4)17-16-18-13-11-10-12-14-18/h18-19H,5-17H2,1-4H3. The van der Waals surface area contributed by atoms with Crippen LogP contribution in [0.4, 0.5) is 0 Å². The molecular weight excluding hydrogens is 372 g/mol. The molecule has 0 bridgehead atoms. The summed E-state index contributed by atoms with van der Waals surface area (Å²) < 4.78 is 16.0. The van der Waals surface area contributed by atoms with Gasteiger partial charge in [-0.2, -0.15) is 0 Å². The molecule has 1 aliphatic carbocycles. The highest BCUT2D eigenvalue weighted by atomic mass is 16.6. The second-order valence-electron chi connectivity index (χ2n) is 7.90. The number of hydrogen-bond donors (Lipinski definition) is 0. The Morgan fingerprint density at radius 1 is 0.862 bits per heavy atom. The Kier molecular flexibility index (Phi) is 11.9. The van der Waals surface area contributed by atoms with Crippen LogP contribution in [0, 0.1) is 17.3 Å². The van der Waals surface area contributed by atoms with Gasteiger partial charge in [0.15, 0.2) is 5.41 Å². The molecule has 1 atom stereocenters. The van der Waals surface area contributed by atoms with Gasteiger partial charge in [-0.15, -0.1) is 0 Å². The molecule has 0 heterocycles. The van der Waals surface area contributed by atoms with Gasteiger partial charge in [-0.25, -0.2) is 0 Å². The highest BCUT2D eigenvalue weighted by Gasteiger charge is 2.57. The van der Waals surface area contributed by atoms with Gasteiger partial charge >= 0.3 is 17.9 Å². The molecule has 29 heavy (non-hydrogen) atoms. The van der Waals surface area contributed by atoms with Gasteiger partial charge < -0.3 is 14.2 Å². The Bertz CT molecular complexity index is 491. The molecule has 0 aromatic rings. The fourth-order valence-corrected chi connectivity index (χ4v) is 4.39. The lowest BCUT2D eigenvalue weighted by Crippen LogP contribution is -2.51. The lowest BCUT2D eigenvalue weighted by molar-refractivity contribution is -0.185. The van der Waals surface area contributed by atoms with E-state index in [1.807, 2.05) is 6.92 Å². The summed E-state index contributed by atoms with van der Waals surface area (Å²) in [5.74, 6) is -2.23. The van der Waals surface area contributed by atoms with E-state index in [2.05, 4.69) is 0 Å². The van der Waals surface area contributed by atoms with E-state index in [1.165, 1.54) is 19.3 Å². The van der Waals surface area contributed by atoms with Crippen molar-refractivity contribution in [1.29, 1.82) is 0 Å². The van der Waals surface area contributed by atoms with E-state index in [4.69, 9.17) is 14.2 Å². The molecule has 0 N–H and O–H groups in total. The summed E-state index contributed by atoms with van der Waals surface area (Å²) >= 11 is 0. The molecule has 6 nitrogen and oxygen atoms in total. The van der Waals surface area contributed by atoms with Gasteiger partial charge in [0.05, 0.1) is 25.7 Å². The predicted molar refractivity (Wildman–Crippen MR) is 111 cm³/mol. The maximum atomic E-state index is 13.2. The van der Waals surface area contributed by atoms with Crippen LogP contribution in [0.2, 0.25) is 0 Å². The lowest BCUT2D eigenvalue weighted by Gasteiger charge is -2.36. The van der Waals surface area contributed by atoms with Crippen LogP contribution >= 0.6 is 0 Å². The molecule has 0 amide bonds. The van der Waals surface area contributed by atoms with Crippen LogP contribution in [-0.4, -0.2) is 37.7 Å². The van der Waals surface area contributed by atoms with Crippen molar-refractivity contribution < 1.29 is 28.6 Å². The zero-order valence-electron chi connectivity index (χ0n) is 18.8. The Morgan fingerprint density at radius 2 is 1.41 bits per heavy atom. The van der Waals surface area contributed by atoms with Crippen LogP contribution in [0.15, 0.2) is 0 Å². The highest BCUT2D eigenvalue weighted by molar-refractivity contribution is 6.04. The van der Waals surface area contributed by atoms with Gasteiger partial charge in [0.1, 0.15) is 0 Å². The summed E-state index contributed by atoms with van der Waals surface area (Å²) in [6.07, 6.45) is 8.72. The first-order chi connectivity index (χ1) is 14.0.